The van der Waals surface area contributed by atoms with Crippen molar-refractivity contribution in [3.63, 3.8) is 0 Å². The summed E-state index contributed by atoms with van der Waals surface area (Å²) in [5.41, 5.74) is 4.33. The molecule has 0 aliphatic heterocycles. The molecule has 0 saturated heterocycles. The number of aryl methyl sites for hydroxylation is 1. The molecule has 0 aromatic heterocycles. The van der Waals surface area contributed by atoms with E-state index in [4.69, 9.17) is 16.8 Å². The van der Waals surface area contributed by atoms with Crippen molar-refractivity contribution in [1.29, 1.82) is 0 Å². The van der Waals surface area contributed by atoms with Crippen LogP contribution in [-0.4, -0.2) is 5.21 Å². The zero-order chi connectivity index (χ0) is 9.14. The molecule has 2 nitrogen and oxygen atoms in total. The molecule has 0 fully saturated rings. The third kappa shape index (κ3) is 1.97. The summed E-state index contributed by atoms with van der Waals surface area (Å²) in [6, 6.07) is 5.55. The van der Waals surface area contributed by atoms with Crippen LogP contribution in [0.15, 0.2) is 18.2 Å². The number of hydrogen-bond donors (Lipinski definition) is 2. The van der Waals surface area contributed by atoms with Gasteiger partial charge in [-0.15, -0.1) is 0 Å². The lowest BCUT2D eigenvalue weighted by Crippen LogP contribution is -2.14. The van der Waals surface area contributed by atoms with E-state index >= 15 is 0 Å². The molecule has 0 aliphatic rings. The predicted molar refractivity (Wildman–Crippen MR) is 49.5 cm³/mol. The normalized spacial score (nSPS) is 13.0. The smallest absolute Gasteiger partial charge is 0.0543 e. The lowest BCUT2D eigenvalue weighted by Gasteiger charge is -2.12. The molecular weight excluding hydrogens is 174 g/mol. The number of hydroxylamine groups is 1. The van der Waals surface area contributed by atoms with Crippen LogP contribution < -0.4 is 5.48 Å². The maximum atomic E-state index is 8.71. The lowest BCUT2D eigenvalue weighted by molar-refractivity contribution is 0.133. The van der Waals surface area contributed by atoms with Gasteiger partial charge in [0.25, 0.3) is 0 Å². The second kappa shape index (κ2) is 3.90. The van der Waals surface area contributed by atoms with Crippen molar-refractivity contribution >= 4 is 11.6 Å². The summed E-state index contributed by atoms with van der Waals surface area (Å²) in [6.07, 6.45) is 0. The van der Waals surface area contributed by atoms with E-state index in [9.17, 15) is 0 Å². The van der Waals surface area contributed by atoms with E-state index in [1.54, 1.807) is 0 Å². The van der Waals surface area contributed by atoms with Gasteiger partial charge in [0.1, 0.15) is 0 Å². The molecule has 0 aliphatic carbocycles. The van der Waals surface area contributed by atoms with E-state index in [2.05, 4.69) is 5.48 Å². The second-order valence-electron chi connectivity index (χ2n) is 2.85. The van der Waals surface area contributed by atoms with Crippen molar-refractivity contribution in [3.05, 3.63) is 34.3 Å². The molecule has 1 atom stereocenters. The first-order valence-electron chi connectivity index (χ1n) is 3.81. The molecule has 1 aromatic carbocycles. The van der Waals surface area contributed by atoms with Crippen LogP contribution in [0.5, 0.6) is 0 Å². The van der Waals surface area contributed by atoms with E-state index in [0.29, 0.717) is 5.02 Å². The molecule has 3 heteroatoms. The fourth-order valence-electron chi connectivity index (χ4n) is 1.15. The van der Waals surface area contributed by atoms with Gasteiger partial charge < -0.3 is 5.21 Å². The van der Waals surface area contributed by atoms with E-state index in [-0.39, 0.29) is 6.04 Å². The Labute approximate surface area is 77.1 Å². The van der Waals surface area contributed by atoms with Gasteiger partial charge in [-0.25, -0.2) is 0 Å². The molecule has 1 unspecified atom stereocenters. The molecule has 0 radical (unpaired) electrons. The van der Waals surface area contributed by atoms with Gasteiger partial charge >= 0.3 is 0 Å². The maximum absolute atomic E-state index is 8.71. The summed E-state index contributed by atoms with van der Waals surface area (Å²) in [6.45, 7) is 3.86. The van der Waals surface area contributed by atoms with E-state index in [1.807, 2.05) is 32.0 Å². The van der Waals surface area contributed by atoms with Crippen LogP contribution in [0.4, 0.5) is 0 Å². The quantitative estimate of drug-likeness (QED) is 0.695. The first-order chi connectivity index (χ1) is 5.65. The molecule has 0 amide bonds. The average Bonchev–Trinajstić information content (AvgIpc) is 2.08. The third-order valence-corrected chi connectivity index (χ3v) is 2.14. The summed E-state index contributed by atoms with van der Waals surface area (Å²) in [7, 11) is 0. The highest BCUT2D eigenvalue weighted by Gasteiger charge is 2.06. The number of hydrogen-bond acceptors (Lipinski definition) is 2. The van der Waals surface area contributed by atoms with Crippen LogP contribution in [0.2, 0.25) is 5.02 Å². The zero-order valence-corrected chi connectivity index (χ0v) is 7.89. The molecule has 0 saturated carbocycles. The Balaban J connectivity index is 3.04. The SMILES string of the molecule is Cc1ccc(Cl)cc1C(C)NO. The summed E-state index contributed by atoms with van der Waals surface area (Å²) in [5.74, 6) is 0. The monoisotopic (exact) mass is 185 g/mol. The minimum atomic E-state index is -0.0799. The average molecular weight is 186 g/mol. The molecule has 12 heavy (non-hydrogen) atoms. The Bertz CT molecular complexity index is 275. The van der Waals surface area contributed by atoms with Crippen LogP contribution in [-0.2, 0) is 0 Å². The van der Waals surface area contributed by atoms with Crippen molar-refractivity contribution in [3.8, 4) is 0 Å². The third-order valence-electron chi connectivity index (χ3n) is 1.90. The largest absolute Gasteiger partial charge is 0.316 e. The van der Waals surface area contributed by atoms with Crippen molar-refractivity contribution < 1.29 is 5.21 Å². The second-order valence-corrected chi connectivity index (χ2v) is 3.29. The molecule has 1 aromatic rings. The van der Waals surface area contributed by atoms with Crippen molar-refractivity contribution in [2.45, 2.75) is 19.9 Å². The van der Waals surface area contributed by atoms with Gasteiger partial charge in [0.15, 0.2) is 0 Å². The van der Waals surface area contributed by atoms with Crippen molar-refractivity contribution in [2.24, 2.45) is 0 Å². The first-order valence-corrected chi connectivity index (χ1v) is 4.18. The highest BCUT2D eigenvalue weighted by Crippen LogP contribution is 2.20. The number of benzene rings is 1. The van der Waals surface area contributed by atoms with Gasteiger partial charge in [-0.05, 0) is 37.1 Å². The molecule has 0 heterocycles. The van der Waals surface area contributed by atoms with Crippen molar-refractivity contribution in [2.75, 3.05) is 0 Å². The van der Waals surface area contributed by atoms with Gasteiger partial charge in [-0.1, -0.05) is 17.7 Å². The zero-order valence-electron chi connectivity index (χ0n) is 7.13. The highest BCUT2D eigenvalue weighted by molar-refractivity contribution is 6.30. The predicted octanol–water partition coefficient (Wildman–Crippen LogP) is 2.69. The first kappa shape index (κ1) is 9.52. The molecule has 66 valence electrons. The van der Waals surface area contributed by atoms with Gasteiger partial charge in [0, 0.05) is 5.02 Å². The van der Waals surface area contributed by atoms with Gasteiger partial charge in [-0.3, -0.25) is 0 Å². The Kier molecular flexibility index (Phi) is 3.09. The van der Waals surface area contributed by atoms with Crippen molar-refractivity contribution in [1.82, 2.24) is 5.48 Å². The van der Waals surface area contributed by atoms with Crippen LogP contribution >= 0.6 is 11.6 Å². The fourth-order valence-corrected chi connectivity index (χ4v) is 1.33. The topological polar surface area (TPSA) is 32.3 Å². The Morgan fingerprint density at radius 1 is 1.50 bits per heavy atom. The van der Waals surface area contributed by atoms with E-state index in [1.165, 1.54) is 0 Å². The number of nitrogens with one attached hydrogen (secondary N) is 1. The minimum absolute atomic E-state index is 0.0799. The molecule has 0 spiro atoms. The minimum Gasteiger partial charge on any atom is -0.316 e. The lowest BCUT2D eigenvalue weighted by atomic mass is 10.0. The molecule has 2 N–H and O–H groups in total. The molecule has 0 bridgehead atoms. The summed E-state index contributed by atoms with van der Waals surface area (Å²) < 4.78 is 0. The Morgan fingerprint density at radius 2 is 2.17 bits per heavy atom. The Morgan fingerprint density at radius 3 is 2.75 bits per heavy atom. The van der Waals surface area contributed by atoms with E-state index < -0.39 is 0 Å². The summed E-state index contributed by atoms with van der Waals surface area (Å²) in [4.78, 5) is 0. The van der Waals surface area contributed by atoms with Gasteiger partial charge in [0.2, 0.25) is 0 Å². The maximum Gasteiger partial charge on any atom is 0.0543 e. The summed E-state index contributed by atoms with van der Waals surface area (Å²) in [5, 5.41) is 9.40. The van der Waals surface area contributed by atoms with Gasteiger partial charge in [-0.2, -0.15) is 5.48 Å². The van der Waals surface area contributed by atoms with E-state index in [0.717, 1.165) is 11.1 Å². The molecule has 1 rings (SSSR count). The number of halogens is 1. The fraction of sp³-hybridized carbons (Fsp3) is 0.333. The molecular formula is C9H12ClNO. The van der Waals surface area contributed by atoms with Gasteiger partial charge in [0.05, 0.1) is 6.04 Å². The van der Waals surface area contributed by atoms with Crippen LogP contribution in [0.25, 0.3) is 0 Å². The van der Waals surface area contributed by atoms with Crippen LogP contribution in [0.1, 0.15) is 24.1 Å². The Hall–Kier alpha value is -0.570. The summed E-state index contributed by atoms with van der Waals surface area (Å²) >= 11 is 5.81. The van der Waals surface area contributed by atoms with Crippen LogP contribution in [0, 0.1) is 6.92 Å². The van der Waals surface area contributed by atoms with Crippen LogP contribution in [0.3, 0.4) is 0 Å². The standard InChI is InChI=1S/C9H12ClNO/c1-6-3-4-8(10)5-9(6)7(2)11-12/h3-5,7,11-12H,1-2H3. The number of rotatable bonds is 2. The highest BCUT2D eigenvalue weighted by atomic mass is 35.5.